The molecule has 2 aliphatic heterocycles. The first kappa shape index (κ1) is 44.1. The zero-order valence-electron chi connectivity index (χ0n) is 32.4. The zero-order valence-corrected chi connectivity index (χ0v) is 32.4. The number of fused-ring (bicyclic) bond motifs is 2. The smallest absolute Gasteiger partial charge is 0.481 e. The van der Waals surface area contributed by atoms with Gasteiger partial charge in [-0.1, -0.05) is 36.4 Å². The number of halogens is 6. The molecule has 2 saturated heterocycles. The molecule has 0 spiro atoms. The number of ether oxygens (including phenoxy) is 2. The first-order valence-corrected chi connectivity index (χ1v) is 19.2. The normalized spacial score (nSPS) is 14.0. The summed E-state index contributed by atoms with van der Waals surface area (Å²) < 4.78 is 94.2. The lowest BCUT2D eigenvalue weighted by atomic mass is 10.1. The van der Waals surface area contributed by atoms with Crippen molar-refractivity contribution < 1.29 is 59.3 Å². The van der Waals surface area contributed by atoms with E-state index in [-0.39, 0.29) is 43.3 Å². The number of nitrogens with one attached hydrogen (secondary N) is 1. The molecule has 0 bridgehead atoms. The lowest BCUT2D eigenvalue weighted by molar-refractivity contribution is -0.275. The van der Waals surface area contributed by atoms with E-state index in [1.807, 2.05) is 0 Å². The summed E-state index contributed by atoms with van der Waals surface area (Å²) in [5.41, 5.74) is 4.18. The average Bonchev–Trinajstić information content (AvgIpc) is 4.04. The van der Waals surface area contributed by atoms with Crippen molar-refractivity contribution in [2.75, 3.05) is 26.2 Å². The molecule has 13 nitrogen and oxygen atoms in total. The number of aryl methyl sites for hydroxylation is 2. The van der Waals surface area contributed by atoms with Gasteiger partial charge in [-0.2, -0.15) is 0 Å². The molecule has 4 aromatic carbocycles. The first-order chi connectivity index (χ1) is 29.0. The van der Waals surface area contributed by atoms with Crippen molar-refractivity contribution in [2.45, 2.75) is 64.3 Å². The molecule has 0 unspecified atom stereocenters. The van der Waals surface area contributed by atoms with Crippen molar-refractivity contribution in [3.8, 4) is 33.8 Å². The number of alkyl halides is 6. The largest absolute Gasteiger partial charge is 0.573 e. The van der Waals surface area contributed by atoms with E-state index in [1.165, 1.54) is 83.6 Å². The number of rotatable bonds is 10. The molecule has 4 heterocycles. The average molecular weight is 859 g/mol. The number of carbonyl (C=O) groups excluding carboxylic acids is 1. The SMILES string of the molecule is C1CCNC1.O=C(CCn1c(=O)oc2ccc(-c3ccc(OC(F)(F)F)cc3)cc21)N1CCCC1.O=C(O)CCn1c(=O)oc2ccc(-c3ccc(OC(F)(F)F)cc3)cc21. The van der Waals surface area contributed by atoms with Crippen LogP contribution in [0.3, 0.4) is 0 Å². The lowest BCUT2D eigenvalue weighted by Gasteiger charge is -2.15. The van der Waals surface area contributed by atoms with Crippen molar-refractivity contribution in [3.63, 3.8) is 0 Å². The van der Waals surface area contributed by atoms with E-state index in [4.69, 9.17) is 13.9 Å². The Morgan fingerprint density at radius 1 is 0.607 bits per heavy atom. The number of hydrogen-bond donors (Lipinski definition) is 2. The van der Waals surface area contributed by atoms with E-state index in [2.05, 4.69) is 14.8 Å². The molecule has 324 valence electrons. The van der Waals surface area contributed by atoms with Crippen LogP contribution in [-0.2, 0) is 22.7 Å². The highest BCUT2D eigenvalue weighted by Crippen LogP contribution is 2.30. The van der Waals surface area contributed by atoms with Gasteiger partial charge in [-0.15, -0.1) is 26.3 Å². The van der Waals surface area contributed by atoms with E-state index in [9.17, 15) is 45.5 Å². The minimum atomic E-state index is -4.77. The van der Waals surface area contributed by atoms with Gasteiger partial charge >= 0.3 is 30.2 Å². The van der Waals surface area contributed by atoms with Crippen LogP contribution in [0.15, 0.2) is 103 Å². The summed E-state index contributed by atoms with van der Waals surface area (Å²) in [6.45, 7) is 4.14. The Labute approximate surface area is 342 Å². The monoisotopic (exact) mass is 858 g/mol. The molecule has 0 saturated carbocycles. The molecule has 0 aliphatic carbocycles. The fourth-order valence-corrected chi connectivity index (χ4v) is 6.77. The molecule has 1 amide bonds. The fraction of sp³-hybridized carbons (Fsp3) is 0.333. The third-order valence-electron chi connectivity index (χ3n) is 9.69. The highest BCUT2D eigenvalue weighted by atomic mass is 19.4. The third kappa shape index (κ3) is 12.3. The van der Waals surface area contributed by atoms with Crippen LogP contribution in [0.1, 0.15) is 38.5 Å². The summed E-state index contributed by atoms with van der Waals surface area (Å²) >= 11 is 0. The quantitative estimate of drug-likeness (QED) is 0.129. The Morgan fingerprint density at radius 2 is 1.02 bits per heavy atom. The maximum absolute atomic E-state index is 12.3. The van der Waals surface area contributed by atoms with Crippen LogP contribution in [-0.4, -0.2) is 69.9 Å². The molecule has 2 N–H and O–H groups in total. The molecule has 0 atom stereocenters. The van der Waals surface area contributed by atoms with Gasteiger partial charge in [0.25, 0.3) is 0 Å². The Morgan fingerprint density at radius 3 is 1.39 bits per heavy atom. The maximum Gasteiger partial charge on any atom is 0.573 e. The highest BCUT2D eigenvalue weighted by molar-refractivity contribution is 5.82. The Balaban J connectivity index is 0.000000184. The van der Waals surface area contributed by atoms with Gasteiger partial charge in [0.15, 0.2) is 11.2 Å². The van der Waals surface area contributed by atoms with Gasteiger partial charge in [-0.25, -0.2) is 9.59 Å². The van der Waals surface area contributed by atoms with Crippen molar-refractivity contribution in [1.29, 1.82) is 0 Å². The van der Waals surface area contributed by atoms with E-state index >= 15 is 0 Å². The van der Waals surface area contributed by atoms with Crippen molar-refractivity contribution >= 4 is 34.1 Å². The predicted octanol–water partition coefficient (Wildman–Crippen LogP) is 8.18. The Hall–Kier alpha value is -6.50. The number of hydrogen-bond acceptors (Lipinski definition) is 9. The topological polar surface area (TPSA) is 158 Å². The minimum Gasteiger partial charge on any atom is -0.481 e. The highest BCUT2D eigenvalue weighted by Gasteiger charge is 2.32. The minimum absolute atomic E-state index is 0.00478. The van der Waals surface area contributed by atoms with E-state index < -0.39 is 30.2 Å². The van der Waals surface area contributed by atoms with Gasteiger partial charge in [0, 0.05) is 32.6 Å². The molecular weight excluding hydrogens is 818 g/mol. The second kappa shape index (κ2) is 19.3. The standard InChI is InChI=1S/C21H19F3N2O4.C17H12F3NO5.C4H9N/c22-21(23,24)30-16-6-3-14(4-7-16)15-5-8-18-17(13-15)26(20(28)29-18)12-9-19(27)25-10-1-2-11-25;18-17(19,20)26-12-4-1-10(2-5-12)11-3-6-14-13(9-11)21(16(24)25-14)8-7-15(22)23;1-2-4-5-3-1/h3-8,13H,1-2,9-12H2;1-6,9H,7-8H2,(H,22,23);5H,1-4H2. The van der Waals surface area contributed by atoms with Gasteiger partial charge in [0.05, 0.1) is 17.5 Å². The summed E-state index contributed by atoms with van der Waals surface area (Å²) in [5.74, 6) is -2.93. The molecule has 6 aromatic rings. The summed E-state index contributed by atoms with van der Waals surface area (Å²) in [5, 5.41) is 12.0. The molecule has 2 aliphatic rings. The van der Waals surface area contributed by atoms with Gasteiger partial charge in [0.2, 0.25) is 5.91 Å². The van der Waals surface area contributed by atoms with Crippen molar-refractivity contribution in [1.82, 2.24) is 19.4 Å². The number of carbonyl (C=O) groups is 2. The van der Waals surface area contributed by atoms with Crippen LogP contribution in [0.2, 0.25) is 0 Å². The van der Waals surface area contributed by atoms with Gasteiger partial charge < -0.3 is 33.6 Å². The number of aromatic nitrogens is 2. The molecule has 19 heteroatoms. The van der Waals surface area contributed by atoms with E-state index in [0.29, 0.717) is 44.5 Å². The van der Waals surface area contributed by atoms with Crippen molar-refractivity contribution in [2.24, 2.45) is 0 Å². The summed E-state index contributed by atoms with van der Waals surface area (Å²) in [6, 6.07) is 20.6. The number of amides is 1. The van der Waals surface area contributed by atoms with Crippen LogP contribution in [0.4, 0.5) is 26.3 Å². The van der Waals surface area contributed by atoms with E-state index in [0.717, 1.165) is 25.9 Å². The number of likely N-dealkylation sites (tertiary alicyclic amines) is 1. The zero-order chi connectivity index (χ0) is 43.7. The molecule has 0 radical (unpaired) electrons. The number of carboxylic acid groups (broad SMARTS) is 1. The van der Waals surface area contributed by atoms with Crippen LogP contribution < -0.4 is 26.3 Å². The Bertz CT molecular complexity index is 2540. The number of oxazole rings is 2. The first-order valence-electron chi connectivity index (χ1n) is 19.2. The van der Waals surface area contributed by atoms with Crippen LogP contribution >= 0.6 is 0 Å². The summed E-state index contributed by atoms with van der Waals surface area (Å²) in [7, 11) is 0. The van der Waals surface area contributed by atoms with Crippen LogP contribution in [0.25, 0.3) is 44.5 Å². The molecule has 2 aromatic heterocycles. The van der Waals surface area contributed by atoms with Crippen LogP contribution in [0.5, 0.6) is 11.5 Å². The molecule has 8 rings (SSSR count). The second-order valence-electron chi connectivity index (χ2n) is 14.0. The number of carboxylic acids is 1. The van der Waals surface area contributed by atoms with Gasteiger partial charge in [0.1, 0.15) is 11.5 Å². The second-order valence-corrected chi connectivity index (χ2v) is 14.0. The van der Waals surface area contributed by atoms with Gasteiger partial charge in [-0.05, 0) is 110 Å². The van der Waals surface area contributed by atoms with Crippen molar-refractivity contribution in [3.05, 3.63) is 106 Å². The molecule has 2 fully saturated rings. The molecule has 61 heavy (non-hydrogen) atoms. The number of benzene rings is 4. The lowest BCUT2D eigenvalue weighted by Crippen LogP contribution is -2.29. The van der Waals surface area contributed by atoms with E-state index in [1.54, 1.807) is 41.3 Å². The van der Waals surface area contributed by atoms with Gasteiger partial charge in [-0.3, -0.25) is 18.7 Å². The third-order valence-corrected chi connectivity index (χ3v) is 9.69. The Kier molecular flexibility index (Phi) is 13.9. The predicted molar refractivity (Wildman–Crippen MR) is 210 cm³/mol. The fourth-order valence-electron chi connectivity index (χ4n) is 6.77. The summed E-state index contributed by atoms with van der Waals surface area (Å²) in [6.07, 6.45) is -4.80. The number of nitrogens with zero attached hydrogens (tertiary/aromatic N) is 3. The number of aliphatic carboxylic acids is 1. The van der Waals surface area contributed by atoms with Crippen LogP contribution in [0, 0.1) is 0 Å². The maximum atomic E-state index is 12.3. The molecular formula is C42H40F6N4O9. The summed E-state index contributed by atoms with van der Waals surface area (Å²) in [4.78, 5) is 48.9.